The van der Waals surface area contributed by atoms with Gasteiger partial charge in [0.2, 0.25) is 10.0 Å². The van der Waals surface area contributed by atoms with E-state index >= 15 is 0 Å². The first-order valence-electron chi connectivity index (χ1n) is 5.67. The second-order valence-electron chi connectivity index (χ2n) is 4.57. The highest BCUT2D eigenvalue weighted by molar-refractivity contribution is 7.89. The van der Waals surface area contributed by atoms with Crippen LogP contribution >= 0.6 is 11.6 Å². The number of hydrogen-bond donors (Lipinski definition) is 1. The molecule has 0 atom stereocenters. The third kappa shape index (κ3) is 3.69. The van der Waals surface area contributed by atoms with Gasteiger partial charge >= 0.3 is 0 Å². The molecule has 3 nitrogen and oxygen atoms in total. The molecule has 0 saturated heterocycles. The predicted molar refractivity (Wildman–Crippen MR) is 69.8 cm³/mol. The Bertz CT molecular complexity index is 469. The second kappa shape index (κ2) is 4.96. The van der Waals surface area contributed by atoms with Crippen LogP contribution in [0.4, 0.5) is 0 Å². The zero-order chi connectivity index (χ0) is 12.4. The summed E-state index contributed by atoms with van der Waals surface area (Å²) in [6.45, 7) is 0. The topological polar surface area (TPSA) is 46.2 Å². The molecule has 1 saturated carbocycles. The van der Waals surface area contributed by atoms with Crippen molar-refractivity contribution in [3.8, 4) is 0 Å². The Hall–Kier alpha value is -0.580. The highest BCUT2D eigenvalue weighted by atomic mass is 35.5. The van der Waals surface area contributed by atoms with Crippen molar-refractivity contribution in [2.45, 2.75) is 24.8 Å². The molecule has 0 heterocycles. The summed E-state index contributed by atoms with van der Waals surface area (Å²) in [6.07, 6.45) is 2.23. The zero-order valence-corrected chi connectivity index (χ0v) is 11.1. The van der Waals surface area contributed by atoms with E-state index in [4.69, 9.17) is 11.6 Å². The standard InChI is InChI=1S/C12H16ClNO2S/c13-10-12(7-8-12)14-17(15,16)9-6-11-4-2-1-3-5-11/h1-5,14H,6-10H2. The normalized spacial score (nSPS) is 17.9. The van der Waals surface area contributed by atoms with Gasteiger partial charge in [-0.1, -0.05) is 30.3 Å². The zero-order valence-electron chi connectivity index (χ0n) is 9.52. The molecular formula is C12H16ClNO2S. The molecule has 1 N–H and O–H groups in total. The van der Waals surface area contributed by atoms with Crippen LogP contribution in [0, 0.1) is 0 Å². The number of hydrogen-bond acceptors (Lipinski definition) is 2. The van der Waals surface area contributed by atoms with Crippen LogP contribution in [0.2, 0.25) is 0 Å². The molecule has 1 fully saturated rings. The number of benzene rings is 1. The lowest BCUT2D eigenvalue weighted by Gasteiger charge is -2.14. The molecule has 0 aliphatic heterocycles. The lowest BCUT2D eigenvalue weighted by molar-refractivity contribution is 0.559. The second-order valence-corrected chi connectivity index (χ2v) is 6.68. The Labute approximate surface area is 107 Å². The number of halogens is 1. The van der Waals surface area contributed by atoms with Crippen LogP contribution in [0.3, 0.4) is 0 Å². The van der Waals surface area contributed by atoms with Gasteiger partial charge in [-0.15, -0.1) is 11.6 Å². The first kappa shape index (κ1) is 12.9. The van der Waals surface area contributed by atoms with E-state index in [1.807, 2.05) is 30.3 Å². The third-order valence-corrected chi connectivity index (χ3v) is 4.98. The van der Waals surface area contributed by atoms with Crippen LogP contribution < -0.4 is 4.72 Å². The molecule has 94 valence electrons. The number of nitrogens with one attached hydrogen (secondary N) is 1. The molecule has 1 aliphatic carbocycles. The van der Waals surface area contributed by atoms with Crippen LogP contribution in [0.5, 0.6) is 0 Å². The number of sulfonamides is 1. The average molecular weight is 274 g/mol. The molecular weight excluding hydrogens is 258 g/mol. The molecule has 0 spiro atoms. The Morgan fingerprint density at radius 2 is 1.88 bits per heavy atom. The van der Waals surface area contributed by atoms with E-state index in [-0.39, 0.29) is 11.3 Å². The van der Waals surface area contributed by atoms with Gasteiger partial charge in [0, 0.05) is 11.4 Å². The van der Waals surface area contributed by atoms with Gasteiger partial charge in [0.25, 0.3) is 0 Å². The highest BCUT2D eigenvalue weighted by Gasteiger charge is 2.44. The van der Waals surface area contributed by atoms with Gasteiger partial charge in [-0.05, 0) is 24.8 Å². The summed E-state index contributed by atoms with van der Waals surface area (Å²) in [5.41, 5.74) is 0.686. The number of rotatable bonds is 6. The molecule has 0 amide bonds. The van der Waals surface area contributed by atoms with E-state index in [1.165, 1.54) is 0 Å². The Morgan fingerprint density at radius 1 is 1.24 bits per heavy atom. The average Bonchev–Trinajstić information content (AvgIpc) is 3.08. The van der Waals surface area contributed by atoms with Crippen molar-refractivity contribution in [2.75, 3.05) is 11.6 Å². The lowest BCUT2D eigenvalue weighted by Crippen LogP contribution is -2.39. The number of aryl methyl sites for hydroxylation is 1. The van der Waals surface area contributed by atoms with E-state index in [0.717, 1.165) is 18.4 Å². The van der Waals surface area contributed by atoms with Gasteiger partial charge in [0.1, 0.15) is 0 Å². The lowest BCUT2D eigenvalue weighted by atomic mass is 10.2. The van der Waals surface area contributed by atoms with Gasteiger partial charge in [-0.3, -0.25) is 0 Å². The smallest absolute Gasteiger partial charge is 0.212 e. The summed E-state index contributed by atoms with van der Waals surface area (Å²) in [5.74, 6) is 0.479. The summed E-state index contributed by atoms with van der Waals surface area (Å²) in [4.78, 5) is 0. The van der Waals surface area contributed by atoms with Gasteiger partial charge in [-0.2, -0.15) is 0 Å². The fourth-order valence-corrected chi connectivity index (χ4v) is 3.65. The summed E-state index contributed by atoms with van der Waals surface area (Å²) >= 11 is 5.75. The summed E-state index contributed by atoms with van der Waals surface area (Å²) < 4.78 is 26.4. The quantitative estimate of drug-likeness (QED) is 0.805. The van der Waals surface area contributed by atoms with Crippen LogP contribution in [0.25, 0.3) is 0 Å². The fraction of sp³-hybridized carbons (Fsp3) is 0.500. The molecule has 0 unspecified atom stereocenters. The Kier molecular flexibility index (Phi) is 3.76. The third-order valence-electron chi connectivity index (χ3n) is 2.98. The molecule has 0 radical (unpaired) electrons. The summed E-state index contributed by atoms with van der Waals surface area (Å²) in [5, 5.41) is 0. The van der Waals surface area contributed by atoms with Crippen molar-refractivity contribution in [2.24, 2.45) is 0 Å². The maximum absolute atomic E-state index is 11.8. The highest BCUT2D eigenvalue weighted by Crippen LogP contribution is 2.37. The van der Waals surface area contributed by atoms with Crippen molar-refractivity contribution in [1.29, 1.82) is 0 Å². The van der Waals surface area contributed by atoms with Crippen LogP contribution in [-0.4, -0.2) is 25.6 Å². The van der Waals surface area contributed by atoms with Crippen molar-refractivity contribution >= 4 is 21.6 Å². The minimum absolute atomic E-state index is 0.121. The van der Waals surface area contributed by atoms with Crippen LogP contribution in [0.1, 0.15) is 18.4 Å². The van der Waals surface area contributed by atoms with Crippen LogP contribution in [0.15, 0.2) is 30.3 Å². The minimum atomic E-state index is -3.22. The molecule has 1 aromatic rings. The van der Waals surface area contributed by atoms with E-state index in [1.54, 1.807) is 0 Å². The maximum Gasteiger partial charge on any atom is 0.212 e. The van der Waals surface area contributed by atoms with Crippen molar-refractivity contribution in [1.82, 2.24) is 4.72 Å². The monoisotopic (exact) mass is 273 g/mol. The summed E-state index contributed by atoms with van der Waals surface area (Å²) in [7, 11) is -3.22. The van der Waals surface area contributed by atoms with E-state index in [9.17, 15) is 8.42 Å². The van der Waals surface area contributed by atoms with Gasteiger partial charge in [-0.25, -0.2) is 13.1 Å². The SMILES string of the molecule is O=S(=O)(CCc1ccccc1)NC1(CCl)CC1. The molecule has 1 aromatic carbocycles. The molecule has 5 heteroatoms. The Balaban J connectivity index is 1.90. The number of alkyl halides is 1. The molecule has 1 aliphatic rings. The predicted octanol–water partition coefficient (Wildman–Crippen LogP) is 1.92. The molecule has 17 heavy (non-hydrogen) atoms. The maximum atomic E-state index is 11.8. The van der Waals surface area contributed by atoms with Crippen molar-refractivity contribution in [3.05, 3.63) is 35.9 Å². The van der Waals surface area contributed by atoms with Crippen molar-refractivity contribution in [3.63, 3.8) is 0 Å². The van der Waals surface area contributed by atoms with Gasteiger partial charge in [0.05, 0.1) is 5.75 Å². The minimum Gasteiger partial charge on any atom is -0.212 e. The van der Waals surface area contributed by atoms with E-state index in [0.29, 0.717) is 12.3 Å². The van der Waals surface area contributed by atoms with E-state index in [2.05, 4.69) is 4.72 Å². The van der Waals surface area contributed by atoms with Gasteiger partial charge < -0.3 is 0 Å². The first-order valence-corrected chi connectivity index (χ1v) is 7.86. The molecule has 2 rings (SSSR count). The summed E-state index contributed by atoms with van der Waals surface area (Å²) in [6, 6.07) is 9.61. The molecule has 0 bridgehead atoms. The Morgan fingerprint density at radius 3 is 2.41 bits per heavy atom. The van der Waals surface area contributed by atoms with E-state index < -0.39 is 10.0 Å². The van der Waals surface area contributed by atoms with Crippen LogP contribution in [-0.2, 0) is 16.4 Å². The fourth-order valence-electron chi connectivity index (χ4n) is 1.69. The largest absolute Gasteiger partial charge is 0.212 e. The molecule has 0 aromatic heterocycles. The first-order chi connectivity index (χ1) is 8.05. The van der Waals surface area contributed by atoms with Gasteiger partial charge in [0.15, 0.2) is 0 Å². The van der Waals surface area contributed by atoms with Crippen molar-refractivity contribution < 1.29 is 8.42 Å².